The molecular formula is C16H12BrNO. The lowest BCUT2D eigenvalue weighted by Gasteiger charge is -2.08. The van der Waals surface area contributed by atoms with Gasteiger partial charge < -0.3 is 4.74 Å². The van der Waals surface area contributed by atoms with Crippen molar-refractivity contribution < 1.29 is 4.74 Å². The van der Waals surface area contributed by atoms with E-state index in [9.17, 15) is 0 Å². The summed E-state index contributed by atoms with van der Waals surface area (Å²) in [7, 11) is 0. The molecular weight excluding hydrogens is 302 g/mol. The number of ether oxygens (including phenoxy) is 1. The molecule has 0 saturated heterocycles. The summed E-state index contributed by atoms with van der Waals surface area (Å²) in [4.78, 5) is 0. The van der Waals surface area contributed by atoms with Crippen molar-refractivity contribution in [3.8, 4) is 17.6 Å². The highest BCUT2D eigenvalue weighted by molar-refractivity contribution is 9.10. The molecule has 0 heterocycles. The average Bonchev–Trinajstić information content (AvgIpc) is 2.85. The van der Waals surface area contributed by atoms with Gasteiger partial charge in [-0.25, -0.2) is 0 Å². The minimum atomic E-state index is 0.588. The molecule has 1 aliphatic carbocycles. The monoisotopic (exact) mass is 313 g/mol. The maximum Gasteiger partial charge on any atom is 0.129 e. The lowest BCUT2D eigenvalue weighted by molar-refractivity contribution is 0.481. The fourth-order valence-electron chi connectivity index (χ4n) is 2.43. The normalized spacial score (nSPS) is 12.8. The number of nitriles is 1. The molecule has 0 amide bonds. The molecule has 0 spiro atoms. The predicted octanol–water partition coefficient (Wildman–Crippen LogP) is 4.60. The van der Waals surface area contributed by atoms with Gasteiger partial charge in [0.05, 0.1) is 11.6 Å². The van der Waals surface area contributed by atoms with Gasteiger partial charge in [0.2, 0.25) is 0 Å². The first kappa shape index (κ1) is 12.3. The Morgan fingerprint density at radius 2 is 1.84 bits per heavy atom. The predicted molar refractivity (Wildman–Crippen MR) is 77.4 cm³/mol. The summed E-state index contributed by atoms with van der Waals surface area (Å²) in [5, 5.41) is 8.95. The molecule has 0 aromatic heterocycles. The first-order valence-corrected chi connectivity index (χ1v) is 7.04. The highest BCUT2D eigenvalue weighted by Gasteiger charge is 2.11. The van der Waals surface area contributed by atoms with Crippen LogP contribution in [0.25, 0.3) is 0 Å². The summed E-state index contributed by atoms with van der Waals surface area (Å²) in [6, 6.07) is 13.8. The van der Waals surface area contributed by atoms with Crippen LogP contribution in [0.4, 0.5) is 0 Å². The summed E-state index contributed by atoms with van der Waals surface area (Å²) in [5.41, 5.74) is 3.40. The Hall–Kier alpha value is -1.79. The van der Waals surface area contributed by atoms with Crippen molar-refractivity contribution in [1.82, 2.24) is 0 Å². The molecule has 0 aliphatic heterocycles. The third-order valence-corrected chi connectivity index (χ3v) is 3.76. The van der Waals surface area contributed by atoms with E-state index in [1.54, 1.807) is 12.1 Å². The Morgan fingerprint density at radius 3 is 2.68 bits per heavy atom. The van der Waals surface area contributed by atoms with Gasteiger partial charge in [-0.1, -0.05) is 22.0 Å². The number of aryl methyl sites for hydroxylation is 2. The van der Waals surface area contributed by atoms with Crippen LogP contribution in [0, 0.1) is 11.3 Å². The van der Waals surface area contributed by atoms with E-state index in [-0.39, 0.29) is 0 Å². The minimum Gasteiger partial charge on any atom is -0.457 e. The lowest BCUT2D eigenvalue weighted by atomic mass is 10.1. The van der Waals surface area contributed by atoms with E-state index in [4.69, 9.17) is 10.00 Å². The van der Waals surface area contributed by atoms with Crippen LogP contribution in [0.2, 0.25) is 0 Å². The van der Waals surface area contributed by atoms with Crippen LogP contribution in [-0.2, 0) is 12.8 Å². The summed E-state index contributed by atoms with van der Waals surface area (Å²) < 4.78 is 6.70. The van der Waals surface area contributed by atoms with Crippen LogP contribution in [-0.4, -0.2) is 0 Å². The zero-order valence-corrected chi connectivity index (χ0v) is 11.9. The largest absolute Gasteiger partial charge is 0.457 e. The lowest BCUT2D eigenvalue weighted by Crippen LogP contribution is -1.88. The highest BCUT2D eigenvalue weighted by atomic mass is 79.9. The van der Waals surface area contributed by atoms with Crippen molar-refractivity contribution in [1.29, 1.82) is 5.26 Å². The first-order valence-electron chi connectivity index (χ1n) is 6.25. The van der Waals surface area contributed by atoms with Gasteiger partial charge in [0.25, 0.3) is 0 Å². The number of rotatable bonds is 2. The molecule has 3 heteroatoms. The molecule has 0 bridgehead atoms. The number of hydrogen-bond acceptors (Lipinski definition) is 2. The van der Waals surface area contributed by atoms with E-state index in [2.05, 4.69) is 34.1 Å². The number of fused-ring (bicyclic) bond motifs is 1. The zero-order valence-electron chi connectivity index (χ0n) is 10.3. The van der Waals surface area contributed by atoms with Gasteiger partial charge in [-0.2, -0.15) is 5.26 Å². The number of halogens is 1. The Kier molecular flexibility index (Phi) is 3.27. The fourth-order valence-corrected chi connectivity index (χ4v) is 2.91. The van der Waals surface area contributed by atoms with Gasteiger partial charge >= 0.3 is 0 Å². The third kappa shape index (κ3) is 2.64. The average molecular weight is 314 g/mol. The molecule has 2 aromatic rings. The van der Waals surface area contributed by atoms with Gasteiger partial charge in [-0.05, 0) is 60.7 Å². The topological polar surface area (TPSA) is 33.0 Å². The summed E-state index contributed by atoms with van der Waals surface area (Å²) in [6.45, 7) is 0. The van der Waals surface area contributed by atoms with E-state index in [0.29, 0.717) is 11.3 Å². The first-order chi connectivity index (χ1) is 9.24. The molecule has 0 fully saturated rings. The van der Waals surface area contributed by atoms with Crippen molar-refractivity contribution >= 4 is 15.9 Å². The van der Waals surface area contributed by atoms with Crippen LogP contribution in [0.5, 0.6) is 11.5 Å². The van der Waals surface area contributed by atoms with Gasteiger partial charge in [0, 0.05) is 4.47 Å². The SMILES string of the molecule is N#Cc1cc(Br)cc(Oc2ccc3c(c2)CCC3)c1. The van der Waals surface area contributed by atoms with Crippen LogP contribution >= 0.6 is 15.9 Å². The second-order valence-corrected chi connectivity index (χ2v) is 5.59. The Labute approximate surface area is 120 Å². The van der Waals surface area contributed by atoms with Gasteiger partial charge in [-0.15, -0.1) is 0 Å². The zero-order chi connectivity index (χ0) is 13.2. The molecule has 94 valence electrons. The number of nitrogens with zero attached hydrogens (tertiary/aromatic N) is 1. The van der Waals surface area contributed by atoms with E-state index in [1.165, 1.54) is 24.0 Å². The van der Waals surface area contributed by atoms with Gasteiger partial charge in [0.15, 0.2) is 0 Å². The van der Waals surface area contributed by atoms with Crippen molar-refractivity contribution in [3.05, 3.63) is 57.6 Å². The molecule has 19 heavy (non-hydrogen) atoms. The number of hydrogen-bond donors (Lipinski definition) is 0. The molecule has 2 nitrogen and oxygen atoms in total. The molecule has 0 N–H and O–H groups in total. The van der Waals surface area contributed by atoms with Crippen LogP contribution < -0.4 is 4.74 Å². The van der Waals surface area contributed by atoms with Crippen molar-refractivity contribution in [2.24, 2.45) is 0 Å². The molecule has 1 aliphatic rings. The van der Waals surface area contributed by atoms with Crippen molar-refractivity contribution in [3.63, 3.8) is 0 Å². The maximum atomic E-state index is 8.95. The molecule has 0 unspecified atom stereocenters. The summed E-state index contributed by atoms with van der Waals surface area (Å²) in [5.74, 6) is 1.52. The van der Waals surface area contributed by atoms with Crippen molar-refractivity contribution in [2.75, 3.05) is 0 Å². The summed E-state index contributed by atoms with van der Waals surface area (Å²) >= 11 is 3.39. The van der Waals surface area contributed by atoms with Crippen molar-refractivity contribution in [2.45, 2.75) is 19.3 Å². The second-order valence-electron chi connectivity index (χ2n) is 4.67. The Balaban J connectivity index is 1.89. The minimum absolute atomic E-state index is 0.588. The molecule has 0 atom stereocenters. The smallest absolute Gasteiger partial charge is 0.129 e. The second kappa shape index (κ2) is 5.07. The van der Waals surface area contributed by atoms with E-state index in [1.807, 2.05) is 12.1 Å². The van der Waals surface area contributed by atoms with E-state index in [0.717, 1.165) is 16.6 Å². The van der Waals surface area contributed by atoms with Gasteiger partial charge in [0.1, 0.15) is 11.5 Å². The third-order valence-electron chi connectivity index (χ3n) is 3.31. The van der Waals surface area contributed by atoms with Crippen LogP contribution in [0.1, 0.15) is 23.1 Å². The van der Waals surface area contributed by atoms with E-state index < -0.39 is 0 Å². The molecule has 0 saturated carbocycles. The van der Waals surface area contributed by atoms with Gasteiger partial charge in [-0.3, -0.25) is 0 Å². The quantitative estimate of drug-likeness (QED) is 0.811. The number of benzene rings is 2. The Bertz CT molecular complexity index is 673. The fraction of sp³-hybridized carbons (Fsp3) is 0.188. The standard InChI is InChI=1S/C16H12BrNO/c17-14-6-11(10-18)7-16(9-14)19-15-5-4-12-2-1-3-13(12)8-15/h4-9H,1-3H2. The highest BCUT2D eigenvalue weighted by Crippen LogP contribution is 2.30. The molecule has 0 radical (unpaired) electrons. The van der Waals surface area contributed by atoms with Crippen LogP contribution in [0.3, 0.4) is 0 Å². The summed E-state index contributed by atoms with van der Waals surface area (Å²) in [6.07, 6.45) is 3.54. The maximum absolute atomic E-state index is 8.95. The molecule has 3 rings (SSSR count). The Morgan fingerprint density at radius 1 is 1.00 bits per heavy atom. The van der Waals surface area contributed by atoms with Crippen LogP contribution in [0.15, 0.2) is 40.9 Å². The van der Waals surface area contributed by atoms with E-state index >= 15 is 0 Å². The molecule has 2 aromatic carbocycles.